The van der Waals surface area contributed by atoms with E-state index in [4.69, 9.17) is 14.7 Å². The molecule has 0 spiro atoms. The normalized spacial score (nSPS) is 10.8. The molecule has 1 N–H and O–H groups in total. The van der Waals surface area contributed by atoms with Gasteiger partial charge in [-0.05, 0) is 31.3 Å². The maximum absolute atomic E-state index is 5.47. The molecule has 5 nitrogen and oxygen atoms in total. The molecular formula is C19H22N4O. The minimum absolute atomic E-state index is 0.678. The molecule has 124 valence electrons. The Bertz CT molecular complexity index is 834. The number of benzene rings is 2. The molecule has 0 aliphatic rings. The topological polar surface area (TPSA) is 50.3 Å². The summed E-state index contributed by atoms with van der Waals surface area (Å²) in [7, 11) is 5.67. The van der Waals surface area contributed by atoms with Crippen molar-refractivity contribution in [2.45, 2.75) is 0 Å². The molecule has 0 fully saturated rings. The van der Waals surface area contributed by atoms with Gasteiger partial charge in [-0.15, -0.1) is 0 Å². The number of nitrogens with one attached hydrogen (secondary N) is 1. The molecule has 0 bridgehead atoms. The third kappa shape index (κ3) is 3.16. The van der Waals surface area contributed by atoms with Gasteiger partial charge in [0.05, 0.1) is 18.2 Å². The Morgan fingerprint density at radius 2 is 1.79 bits per heavy atom. The molecule has 0 radical (unpaired) electrons. The van der Waals surface area contributed by atoms with Gasteiger partial charge in [0.25, 0.3) is 0 Å². The largest absolute Gasteiger partial charge is 0.496 e. The molecule has 0 saturated heterocycles. The number of nitrogens with zero attached hydrogens (tertiary/aromatic N) is 3. The number of methoxy groups -OCH3 is 1. The molecule has 0 unspecified atom stereocenters. The van der Waals surface area contributed by atoms with E-state index in [0.717, 1.165) is 41.1 Å². The Kier molecular flexibility index (Phi) is 4.91. The fraction of sp³-hybridized carbons (Fsp3) is 0.263. The highest BCUT2D eigenvalue weighted by Crippen LogP contribution is 2.31. The van der Waals surface area contributed by atoms with Crippen LogP contribution in [-0.2, 0) is 0 Å². The fourth-order valence-corrected chi connectivity index (χ4v) is 2.69. The number of fused-ring (bicyclic) bond motifs is 1. The standard InChI is InChI=1S/C19H22N4O/c1-20-12-13-23(2)19-14-8-4-6-10-16(14)21-18(22-19)15-9-5-7-11-17(15)24-3/h4-11,20H,12-13H2,1-3H3. The maximum Gasteiger partial charge on any atom is 0.165 e. The Hall–Kier alpha value is -2.66. The molecule has 5 heteroatoms. The average molecular weight is 322 g/mol. The van der Waals surface area contributed by atoms with E-state index in [1.165, 1.54) is 0 Å². The molecule has 0 saturated carbocycles. The van der Waals surface area contributed by atoms with Gasteiger partial charge in [0, 0.05) is 25.5 Å². The fourth-order valence-electron chi connectivity index (χ4n) is 2.69. The van der Waals surface area contributed by atoms with Crippen LogP contribution in [0, 0.1) is 0 Å². The molecule has 1 aromatic heterocycles. The van der Waals surface area contributed by atoms with Gasteiger partial charge >= 0.3 is 0 Å². The lowest BCUT2D eigenvalue weighted by Gasteiger charge is -2.20. The van der Waals surface area contributed by atoms with Crippen LogP contribution in [0.2, 0.25) is 0 Å². The van der Waals surface area contributed by atoms with Crippen molar-refractivity contribution in [1.29, 1.82) is 0 Å². The molecule has 0 atom stereocenters. The summed E-state index contributed by atoms with van der Waals surface area (Å²) in [5, 5.41) is 4.23. The zero-order valence-corrected chi connectivity index (χ0v) is 14.3. The van der Waals surface area contributed by atoms with E-state index in [0.29, 0.717) is 5.82 Å². The van der Waals surface area contributed by atoms with Crippen LogP contribution in [0.15, 0.2) is 48.5 Å². The maximum atomic E-state index is 5.47. The van der Waals surface area contributed by atoms with Crippen molar-refractivity contribution in [3.8, 4) is 17.1 Å². The Labute approximate surface area is 142 Å². The number of hydrogen-bond donors (Lipinski definition) is 1. The second-order valence-electron chi connectivity index (χ2n) is 5.61. The van der Waals surface area contributed by atoms with Crippen LogP contribution in [-0.4, -0.2) is 44.3 Å². The Morgan fingerprint density at radius 3 is 2.58 bits per heavy atom. The second kappa shape index (κ2) is 7.27. The number of hydrogen-bond acceptors (Lipinski definition) is 5. The minimum atomic E-state index is 0.678. The Balaban J connectivity index is 2.16. The van der Waals surface area contributed by atoms with Gasteiger partial charge in [0.2, 0.25) is 0 Å². The number of anilines is 1. The highest BCUT2D eigenvalue weighted by Gasteiger charge is 2.14. The molecule has 0 aliphatic heterocycles. The van der Waals surface area contributed by atoms with Gasteiger partial charge in [-0.25, -0.2) is 9.97 Å². The molecule has 0 aliphatic carbocycles. The van der Waals surface area contributed by atoms with Crippen molar-refractivity contribution in [1.82, 2.24) is 15.3 Å². The van der Waals surface area contributed by atoms with E-state index < -0.39 is 0 Å². The van der Waals surface area contributed by atoms with Gasteiger partial charge in [-0.2, -0.15) is 0 Å². The average Bonchev–Trinajstić information content (AvgIpc) is 2.65. The summed E-state index contributed by atoms with van der Waals surface area (Å²) in [4.78, 5) is 11.7. The number of rotatable bonds is 6. The third-order valence-electron chi connectivity index (χ3n) is 3.99. The van der Waals surface area contributed by atoms with Crippen LogP contribution in [0.3, 0.4) is 0 Å². The van der Waals surface area contributed by atoms with E-state index in [1.54, 1.807) is 7.11 Å². The first-order valence-corrected chi connectivity index (χ1v) is 8.00. The number of ether oxygens (including phenoxy) is 1. The molecule has 3 aromatic rings. The molecule has 0 amide bonds. The zero-order chi connectivity index (χ0) is 16.9. The quantitative estimate of drug-likeness (QED) is 0.756. The van der Waals surface area contributed by atoms with Gasteiger partial charge in [0.1, 0.15) is 11.6 Å². The minimum Gasteiger partial charge on any atom is -0.496 e. The van der Waals surface area contributed by atoms with Crippen molar-refractivity contribution in [3.05, 3.63) is 48.5 Å². The lowest BCUT2D eigenvalue weighted by atomic mass is 10.1. The third-order valence-corrected chi connectivity index (χ3v) is 3.99. The van der Waals surface area contributed by atoms with Crippen LogP contribution < -0.4 is 15.0 Å². The summed E-state index contributed by atoms with van der Waals surface area (Å²) >= 11 is 0. The van der Waals surface area contributed by atoms with Crippen molar-refractivity contribution in [2.24, 2.45) is 0 Å². The number of para-hydroxylation sites is 2. The van der Waals surface area contributed by atoms with Crippen LogP contribution in [0.1, 0.15) is 0 Å². The van der Waals surface area contributed by atoms with Crippen LogP contribution in [0.4, 0.5) is 5.82 Å². The predicted molar refractivity (Wildman–Crippen MR) is 98.7 cm³/mol. The highest BCUT2D eigenvalue weighted by atomic mass is 16.5. The lowest BCUT2D eigenvalue weighted by Crippen LogP contribution is -2.28. The summed E-state index contributed by atoms with van der Waals surface area (Å²) < 4.78 is 5.47. The predicted octanol–water partition coefficient (Wildman–Crippen LogP) is 2.96. The van der Waals surface area contributed by atoms with E-state index in [1.807, 2.05) is 49.5 Å². The molecule has 24 heavy (non-hydrogen) atoms. The molecular weight excluding hydrogens is 300 g/mol. The van der Waals surface area contributed by atoms with Crippen LogP contribution in [0.5, 0.6) is 5.75 Å². The first-order valence-electron chi connectivity index (χ1n) is 8.00. The molecule has 2 aromatic carbocycles. The van der Waals surface area contributed by atoms with Gasteiger partial charge in [-0.3, -0.25) is 0 Å². The van der Waals surface area contributed by atoms with Gasteiger partial charge in [0.15, 0.2) is 5.82 Å². The highest BCUT2D eigenvalue weighted by molar-refractivity contribution is 5.91. The van der Waals surface area contributed by atoms with Crippen molar-refractivity contribution in [2.75, 3.05) is 39.2 Å². The first-order chi connectivity index (χ1) is 11.7. The summed E-state index contributed by atoms with van der Waals surface area (Å²) in [6.45, 7) is 1.75. The Morgan fingerprint density at radius 1 is 1.04 bits per heavy atom. The van der Waals surface area contributed by atoms with Crippen molar-refractivity contribution >= 4 is 16.7 Å². The van der Waals surface area contributed by atoms with Gasteiger partial charge < -0.3 is 15.0 Å². The summed E-state index contributed by atoms with van der Waals surface area (Å²) in [5.74, 6) is 2.38. The number of aromatic nitrogens is 2. The van der Waals surface area contributed by atoms with Crippen LogP contribution >= 0.6 is 0 Å². The summed E-state index contributed by atoms with van der Waals surface area (Å²) in [6.07, 6.45) is 0. The monoisotopic (exact) mass is 322 g/mol. The van der Waals surface area contributed by atoms with Crippen molar-refractivity contribution in [3.63, 3.8) is 0 Å². The second-order valence-corrected chi connectivity index (χ2v) is 5.61. The van der Waals surface area contributed by atoms with Crippen LogP contribution in [0.25, 0.3) is 22.3 Å². The molecule has 1 heterocycles. The summed E-state index contributed by atoms with van der Waals surface area (Å²) in [6, 6.07) is 15.9. The van der Waals surface area contributed by atoms with E-state index >= 15 is 0 Å². The lowest BCUT2D eigenvalue weighted by molar-refractivity contribution is 0.416. The number of likely N-dealkylation sites (N-methyl/N-ethyl adjacent to an activating group) is 2. The van der Waals surface area contributed by atoms with Gasteiger partial charge in [-0.1, -0.05) is 24.3 Å². The summed E-state index contributed by atoms with van der Waals surface area (Å²) in [5.41, 5.74) is 1.83. The smallest absolute Gasteiger partial charge is 0.165 e. The van der Waals surface area contributed by atoms with Crippen molar-refractivity contribution < 1.29 is 4.74 Å². The zero-order valence-electron chi connectivity index (χ0n) is 14.3. The van der Waals surface area contributed by atoms with E-state index in [2.05, 4.69) is 23.3 Å². The SMILES string of the molecule is CNCCN(C)c1nc(-c2ccccc2OC)nc2ccccc12. The van der Waals surface area contributed by atoms with E-state index in [-0.39, 0.29) is 0 Å². The van der Waals surface area contributed by atoms with E-state index in [9.17, 15) is 0 Å². The molecule has 3 rings (SSSR count). The first kappa shape index (κ1) is 16.2.